The smallest absolute Gasteiger partial charge is 0.234 e. The van der Waals surface area contributed by atoms with Gasteiger partial charge in [-0.2, -0.15) is 0 Å². The number of piperidine rings is 1. The van der Waals surface area contributed by atoms with E-state index in [-0.39, 0.29) is 23.5 Å². The third-order valence-corrected chi connectivity index (χ3v) is 7.70. The topological polar surface area (TPSA) is 63.1 Å². The predicted octanol–water partition coefficient (Wildman–Crippen LogP) is 5.17. The van der Waals surface area contributed by atoms with Crippen molar-refractivity contribution in [1.29, 1.82) is 0 Å². The van der Waals surface area contributed by atoms with E-state index in [1.54, 1.807) is 12.1 Å². The van der Waals surface area contributed by atoms with E-state index in [2.05, 4.69) is 39.5 Å². The molecule has 1 unspecified atom stereocenters. The average molecular weight is 480 g/mol. The second-order valence-electron chi connectivity index (χ2n) is 9.10. The molecule has 0 bridgehead atoms. The van der Waals surface area contributed by atoms with Crippen molar-refractivity contribution in [2.45, 2.75) is 56.6 Å². The largest absolute Gasteiger partial charge is 0.325 e. The van der Waals surface area contributed by atoms with Gasteiger partial charge in [0.25, 0.3) is 0 Å². The number of amides is 1. The van der Waals surface area contributed by atoms with Crippen LogP contribution in [0.4, 0.5) is 10.1 Å². The van der Waals surface area contributed by atoms with Gasteiger partial charge in [0.15, 0.2) is 11.0 Å². The molecule has 1 aliphatic heterocycles. The van der Waals surface area contributed by atoms with E-state index < -0.39 is 0 Å². The maximum atomic E-state index is 13.6. The van der Waals surface area contributed by atoms with E-state index in [1.165, 1.54) is 60.7 Å². The molecule has 2 aliphatic rings. The first-order valence-electron chi connectivity index (χ1n) is 12.1. The number of halogens is 1. The maximum Gasteiger partial charge on any atom is 0.234 e. The van der Waals surface area contributed by atoms with Crippen molar-refractivity contribution in [3.8, 4) is 5.69 Å². The molecule has 1 atom stereocenters. The Morgan fingerprint density at radius 1 is 1.03 bits per heavy atom. The number of aryl methyl sites for hydroxylation is 2. The maximum absolute atomic E-state index is 13.6. The summed E-state index contributed by atoms with van der Waals surface area (Å²) in [5.41, 5.74) is 4.35. The van der Waals surface area contributed by atoms with E-state index >= 15 is 0 Å². The van der Waals surface area contributed by atoms with Crippen LogP contribution in [-0.2, 0) is 17.6 Å². The summed E-state index contributed by atoms with van der Waals surface area (Å²) in [4.78, 5) is 15.1. The molecule has 1 saturated heterocycles. The highest BCUT2D eigenvalue weighted by Crippen LogP contribution is 2.30. The summed E-state index contributed by atoms with van der Waals surface area (Å²) >= 11 is 1.35. The third kappa shape index (κ3) is 5.03. The van der Waals surface area contributed by atoms with Crippen LogP contribution in [0.15, 0.2) is 47.6 Å². The number of nitrogens with one attached hydrogen (secondary N) is 1. The van der Waals surface area contributed by atoms with E-state index in [0.29, 0.717) is 5.16 Å². The highest BCUT2D eigenvalue weighted by molar-refractivity contribution is 7.99. The number of thioether (sulfide) groups is 1. The van der Waals surface area contributed by atoms with Crippen LogP contribution in [0.5, 0.6) is 0 Å². The highest BCUT2D eigenvalue weighted by Gasteiger charge is 2.26. The van der Waals surface area contributed by atoms with Crippen molar-refractivity contribution < 1.29 is 9.18 Å². The van der Waals surface area contributed by atoms with E-state index in [9.17, 15) is 9.18 Å². The number of carbonyl (C=O) groups excluding carboxylic acids is 1. The van der Waals surface area contributed by atoms with Gasteiger partial charge in [0.1, 0.15) is 5.82 Å². The normalized spacial score (nSPS) is 16.9. The zero-order chi connectivity index (χ0) is 23.5. The Balaban J connectivity index is 1.33. The minimum Gasteiger partial charge on any atom is -0.325 e. The van der Waals surface area contributed by atoms with Gasteiger partial charge in [-0.3, -0.25) is 14.3 Å². The molecule has 5 rings (SSSR count). The quantitative estimate of drug-likeness (QED) is 0.474. The van der Waals surface area contributed by atoms with Crippen LogP contribution in [-0.4, -0.2) is 44.4 Å². The molecule has 178 valence electrons. The minimum absolute atomic E-state index is 0.0763. The lowest BCUT2D eigenvalue weighted by Gasteiger charge is -2.31. The number of nitrogens with zero attached hydrogens (tertiary/aromatic N) is 4. The summed E-state index contributed by atoms with van der Waals surface area (Å²) < 4.78 is 15.6. The molecule has 8 heteroatoms. The molecular formula is C26H30FN5OS. The number of anilines is 1. The number of fused-ring (bicyclic) bond motifs is 1. The lowest BCUT2D eigenvalue weighted by atomic mass is 10.1. The number of aromatic nitrogens is 3. The van der Waals surface area contributed by atoms with E-state index in [0.717, 1.165) is 43.1 Å². The summed E-state index contributed by atoms with van der Waals surface area (Å²) in [6, 6.07) is 12.6. The fourth-order valence-corrected chi connectivity index (χ4v) is 5.68. The van der Waals surface area contributed by atoms with Gasteiger partial charge in [0.2, 0.25) is 5.91 Å². The van der Waals surface area contributed by atoms with Gasteiger partial charge in [-0.15, -0.1) is 10.2 Å². The second kappa shape index (κ2) is 10.3. The molecule has 6 nitrogen and oxygen atoms in total. The van der Waals surface area contributed by atoms with Gasteiger partial charge in [-0.1, -0.05) is 24.2 Å². The Hall–Kier alpha value is -2.71. The molecular weight excluding hydrogens is 449 g/mol. The molecule has 2 heterocycles. The molecule has 1 amide bonds. The lowest BCUT2D eigenvalue weighted by Crippen LogP contribution is -2.33. The highest BCUT2D eigenvalue weighted by atomic mass is 32.2. The van der Waals surface area contributed by atoms with Crippen LogP contribution in [0.3, 0.4) is 0 Å². The summed E-state index contributed by atoms with van der Waals surface area (Å²) in [5, 5.41) is 12.6. The Morgan fingerprint density at radius 2 is 1.79 bits per heavy atom. The Kier molecular flexibility index (Phi) is 6.97. The first-order valence-corrected chi connectivity index (χ1v) is 13.1. The first kappa shape index (κ1) is 23.1. The molecule has 3 aromatic rings. The minimum atomic E-state index is -0.287. The first-order chi connectivity index (χ1) is 16.6. The molecule has 2 aromatic carbocycles. The van der Waals surface area contributed by atoms with Crippen LogP contribution in [0, 0.1) is 5.82 Å². The number of likely N-dealkylation sites (tertiary alicyclic amines) is 1. The Morgan fingerprint density at radius 3 is 2.59 bits per heavy atom. The van der Waals surface area contributed by atoms with Gasteiger partial charge in [-0.05, 0) is 99.6 Å². The van der Waals surface area contributed by atoms with Crippen molar-refractivity contribution in [2.24, 2.45) is 0 Å². The molecule has 1 N–H and O–H groups in total. The fraction of sp³-hybridized carbons (Fsp3) is 0.423. The Labute approximate surface area is 203 Å². The van der Waals surface area contributed by atoms with Gasteiger partial charge in [0.05, 0.1) is 11.8 Å². The SMILES string of the molecule is CC(c1nnc(SCC(=O)Nc2ccc3c(c2)CCC3)n1-c1ccc(F)cc1)N1CCCCC1. The summed E-state index contributed by atoms with van der Waals surface area (Å²) in [6.45, 7) is 4.20. The van der Waals surface area contributed by atoms with Crippen LogP contribution < -0.4 is 5.32 Å². The van der Waals surface area contributed by atoms with Gasteiger partial charge in [-0.25, -0.2) is 4.39 Å². The van der Waals surface area contributed by atoms with Gasteiger partial charge >= 0.3 is 0 Å². The van der Waals surface area contributed by atoms with Crippen LogP contribution >= 0.6 is 11.8 Å². The van der Waals surface area contributed by atoms with Gasteiger partial charge in [0, 0.05) is 11.4 Å². The lowest BCUT2D eigenvalue weighted by molar-refractivity contribution is -0.113. The third-order valence-electron chi connectivity index (χ3n) is 6.77. The number of carbonyl (C=O) groups is 1. The van der Waals surface area contributed by atoms with Crippen molar-refractivity contribution in [3.05, 3.63) is 65.2 Å². The zero-order valence-electron chi connectivity index (χ0n) is 19.5. The zero-order valence-corrected chi connectivity index (χ0v) is 20.3. The predicted molar refractivity (Wildman–Crippen MR) is 133 cm³/mol. The molecule has 0 saturated carbocycles. The molecule has 1 aliphatic carbocycles. The van der Waals surface area contributed by atoms with Gasteiger partial charge < -0.3 is 5.32 Å². The van der Waals surface area contributed by atoms with Crippen LogP contribution in [0.1, 0.15) is 55.6 Å². The van der Waals surface area contributed by atoms with Crippen molar-refractivity contribution in [1.82, 2.24) is 19.7 Å². The number of benzene rings is 2. The second-order valence-corrected chi connectivity index (χ2v) is 10.0. The van der Waals surface area contributed by atoms with E-state index in [4.69, 9.17) is 0 Å². The molecule has 34 heavy (non-hydrogen) atoms. The average Bonchev–Trinajstić information content (AvgIpc) is 3.50. The molecule has 1 fully saturated rings. The molecule has 1 aromatic heterocycles. The summed E-state index contributed by atoms with van der Waals surface area (Å²) in [5.74, 6) is 0.664. The fourth-order valence-electron chi connectivity index (χ4n) is 4.92. The van der Waals surface area contributed by atoms with Crippen molar-refractivity contribution in [3.63, 3.8) is 0 Å². The standard InChI is InChI=1S/C26H30FN5OS/c1-18(31-14-3-2-4-15-31)25-29-30-26(32(25)23-12-9-21(27)10-13-23)34-17-24(33)28-22-11-8-19-6-5-7-20(19)16-22/h8-13,16,18H,2-7,14-15,17H2,1H3,(H,28,33). The van der Waals surface area contributed by atoms with E-state index in [1.807, 2.05) is 10.6 Å². The van der Waals surface area contributed by atoms with Crippen molar-refractivity contribution in [2.75, 3.05) is 24.2 Å². The van der Waals surface area contributed by atoms with Crippen LogP contribution in [0.25, 0.3) is 5.69 Å². The monoisotopic (exact) mass is 479 g/mol. The molecule has 0 radical (unpaired) electrons. The summed E-state index contributed by atoms with van der Waals surface area (Å²) in [6.07, 6.45) is 7.00. The van der Waals surface area contributed by atoms with Crippen LogP contribution in [0.2, 0.25) is 0 Å². The number of hydrogen-bond acceptors (Lipinski definition) is 5. The number of hydrogen-bond donors (Lipinski definition) is 1. The Bertz CT molecular complexity index is 1160. The molecule has 0 spiro atoms. The number of rotatable bonds is 7. The van der Waals surface area contributed by atoms with Crippen molar-refractivity contribution >= 4 is 23.4 Å². The summed E-state index contributed by atoms with van der Waals surface area (Å²) in [7, 11) is 0.